The van der Waals surface area contributed by atoms with Crippen molar-refractivity contribution in [2.45, 2.75) is 24.3 Å². The lowest BCUT2D eigenvalue weighted by atomic mass is 9.95. The molecule has 9 heteroatoms. The molecule has 2 aliphatic rings. The van der Waals surface area contributed by atoms with E-state index >= 15 is 0 Å². The smallest absolute Gasteiger partial charge is 0.247 e. The van der Waals surface area contributed by atoms with Crippen molar-refractivity contribution in [1.82, 2.24) is 14.1 Å². The summed E-state index contributed by atoms with van der Waals surface area (Å²) in [5.74, 6) is 0.818. The van der Waals surface area contributed by atoms with E-state index in [4.69, 9.17) is 9.47 Å². The maximum absolute atomic E-state index is 13.3. The van der Waals surface area contributed by atoms with Crippen LogP contribution in [0.4, 0.5) is 0 Å². The van der Waals surface area contributed by atoms with Crippen LogP contribution in [-0.2, 0) is 21.4 Å². The minimum absolute atomic E-state index is 0.0425. The number of carbonyl (C=O) groups is 1. The van der Waals surface area contributed by atoms with Gasteiger partial charge < -0.3 is 14.4 Å². The molecule has 2 aliphatic heterocycles. The van der Waals surface area contributed by atoms with Gasteiger partial charge in [0.1, 0.15) is 16.4 Å². The van der Waals surface area contributed by atoms with Crippen LogP contribution in [0.5, 0.6) is 11.5 Å². The van der Waals surface area contributed by atoms with Gasteiger partial charge in [-0.1, -0.05) is 30.3 Å². The van der Waals surface area contributed by atoms with Gasteiger partial charge in [0.05, 0.1) is 20.1 Å². The number of rotatable bonds is 7. The molecule has 0 radical (unpaired) electrons. The molecule has 2 aromatic carbocycles. The summed E-state index contributed by atoms with van der Waals surface area (Å²) < 4.78 is 38.5. The van der Waals surface area contributed by atoms with E-state index in [1.807, 2.05) is 23.1 Å². The molecule has 2 fully saturated rings. The van der Waals surface area contributed by atoms with E-state index in [9.17, 15) is 13.2 Å². The summed E-state index contributed by atoms with van der Waals surface area (Å²) >= 11 is 0. The second kappa shape index (κ2) is 10.8. The lowest BCUT2D eigenvalue weighted by Crippen LogP contribution is -2.53. The van der Waals surface area contributed by atoms with Crippen molar-refractivity contribution in [3.05, 3.63) is 54.1 Å². The van der Waals surface area contributed by atoms with E-state index in [1.165, 1.54) is 30.2 Å². The van der Waals surface area contributed by atoms with E-state index in [-0.39, 0.29) is 35.6 Å². The van der Waals surface area contributed by atoms with Crippen LogP contribution in [0, 0.1) is 5.92 Å². The third-order valence-electron chi connectivity index (χ3n) is 6.64. The largest absolute Gasteiger partial charge is 0.497 e. The molecule has 0 spiro atoms. The first-order valence-electron chi connectivity index (χ1n) is 11.7. The Morgan fingerprint density at radius 3 is 2.38 bits per heavy atom. The molecular formula is C25H33N3O5S. The molecule has 2 aromatic rings. The van der Waals surface area contributed by atoms with Crippen molar-refractivity contribution in [2.75, 3.05) is 53.5 Å². The van der Waals surface area contributed by atoms with Crippen LogP contribution in [0.15, 0.2) is 53.4 Å². The summed E-state index contributed by atoms with van der Waals surface area (Å²) in [6, 6.07) is 15.1. The SMILES string of the molecule is COc1ccc(OC)c(S(=O)(=O)N2CCN(C(=O)[C@H]3CCCN(Cc4ccccc4)C3)CC2)c1. The molecule has 2 saturated heterocycles. The molecule has 2 heterocycles. The molecule has 0 N–H and O–H groups in total. The Kier molecular flexibility index (Phi) is 7.75. The number of sulfonamides is 1. The molecule has 1 atom stereocenters. The molecule has 1 amide bonds. The Hall–Kier alpha value is -2.62. The minimum Gasteiger partial charge on any atom is -0.497 e. The number of likely N-dealkylation sites (tertiary alicyclic amines) is 1. The first-order chi connectivity index (χ1) is 16.4. The number of hydrogen-bond acceptors (Lipinski definition) is 6. The number of nitrogens with zero attached hydrogens (tertiary/aromatic N) is 3. The number of methoxy groups -OCH3 is 2. The summed E-state index contributed by atoms with van der Waals surface area (Å²) in [4.78, 5) is 17.5. The average Bonchev–Trinajstić information content (AvgIpc) is 2.88. The Morgan fingerprint density at radius 1 is 0.971 bits per heavy atom. The van der Waals surface area contributed by atoms with Crippen LogP contribution in [-0.4, -0.2) is 81.9 Å². The summed E-state index contributed by atoms with van der Waals surface area (Å²) in [6.07, 6.45) is 1.87. The molecule has 0 saturated carbocycles. The van der Waals surface area contributed by atoms with Crippen molar-refractivity contribution < 1.29 is 22.7 Å². The fraction of sp³-hybridized carbons (Fsp3) is 0.480. The van der Waals surface area contributed by atoms with Gasteiger partial charge in [0, 0.05) is 45.3 Å². The molecule has 34 heavy (non-hydrogen) atoms. The zero-order valence-electron chi connectivity index (χ0n) is 19.9. The second-order valence-corrected chi connectivity index (χ2v) is 10.7. The average molecular weight is 488 g/mol. The second-order valence-electron chi connectivity index (χ2n) is 8.81. The molecule has 4 rings (SSSR count). The maximum Gasteiger partial charge on any atom is 0.247 e. The number of piperidine rings is 1. The lowest BCUT2D eigenvalue weighted by molar-refractivity contribution is -0.138. The fourth-order valence-corrected chi connectivity index (χ4v) is 6.37. The lowest BCUT2D eigenvalue weighted by Gasteiger charge is -2.38. The van der Waals surface area contributed by atoms with Crippen molar-refractivity contribution in [3.63, 3.8) is 0 Å². The normalized spacial score (nSPS) is 20.2. The summed E-state index contributed by atoms with van der Waals surface area (Å²) in [5, 5.41) is 0. The Balaban J connectivity index is 1.37. The monoisotopic (exact) mass is 487 g/mol. The van der Waals surface area contributed by atoms with Gasteiger partial charge in [-0.3, -0.25) is 9.69 Å². The van der Waals surface area contributed by atoms with E-state index in [2.05, 4.69) is 17.0 Å². The van der Waals surface area contributed by atoms with Crippen LogP contribution in [0.2, 0.25) is 0 Å². The molecule has 0 unspecified atom stereocenters. The highest BCUT2D eigenvalue weighted by Crippen LogP contribution is 2.31. The van der Waals surface area contributed by atoms with E-state index in [1.54, 1.807) is 12.1 Å². The van der Waals surface area contributed by atoms with Gasteiger partial charge in [0.15, 0.2) is 0 Å². The minimum atomic E-state index is -3.77. The third kappa shape index (κ3) is 5.37. The van der Waals surface area contributed by atoms with E-state index in [0.29, 0.717) is 18.8 Å². The van der Waals surface area contributed by atoms with Gasteiger partial charge >= 0.3 is 0 Å². The summed E-state index contributed by atoms with van der Waals surface area (Å²) in [5.41, 5.74) is 1.25. The van der Waals surface area contributed by atoms with Crippen molar-refractivity contribution >= 4 is 15.9 Å². The Bertz CT molecular complexity index is 1080. The van der Waals surface area contributed by atoms with Crippen LogP contribution in [0.3, 0.4) is 0 Å². The van der Waals surface area contributed by atoms with E-state index in [0.717, 1.165) is 32.5 Å². The topological polar surface area (TPSA) is 79.4 Å². The molecule has 0 bridgehead atoms. The number of hydrogen-bond donors (Lipinski definition) is 0. The van der Waals surface area contributed by atoms with Crippen molar-refractivity contribution in [2.24, 2.45) is 5.92 Å². The Labute approximate surface area is 202 Å². The van der Waals surface area contributed by atoms with Gasteiger partial charge in [-0.25, -0.2) is 8.42 Å². The highest BCUT2D eigenvalue weighted by molar-refractivity contribution is 7.89. The zero-order chi connectivity index (χ0) is 24.1. The van der Waals surface area contributed by atoms with Crippen LogP contribution < -0.4 is 9.47 Å². The summed E-state index contributed by atoms with van der Waals surface area (Å²) in [7, 11) is -0.831. The van der Waals surface area contributed by atoms with Crippen LogP contribution >= 0.6 is 0 Å². The number of amides is 1. The highest BCUT2D eigenvalue weighted by Gasteiger charge is 2.35. The number of carbonyl (C=O) groups excluding carboxylic acids is 1. The number of ether oxygens (including phenoxy) is 2. The Morgan fingerprint density at radius 2 is 1.71 bits per heavy atom. The van der Waals surface area contributed by atoms with Gasteiger partial charge in [0.25, 0.3) is 0 Å². The quantitative estimate of drug-likeness (QED) is 0.597. The first kappa shape index (κ1) is 24.5. The molecule has 0 aliphatic carbocycles. The molecule has 184 valence electrons. The molecule has 8 nitrogen and oxygen atoms in total. The predicted molar refractivity (Wildman–Crippen MR) is 129 cm³/mol. The molecular weight excluding hydrogens is 454 g/mol. The summed E-state index contributed by atoms with van der Waals surface area (Å²) in [6.45, 7) is 3.88. The zero-order valence-corrected chi connectivity index (χ0v) is 20.7. The number of piperazine rings is 1. The highest BCUT2D eigenvalue weighted by atomic mass is 32.2. The van der Waals surface area contributed by atoms with Crippen LogP contribution in [0.25, 0.3) is 0 Å². The first-order valence-corrected chi connectivity index (χ1v) is 13.1. The van der Waals surface area contributed by atoms with Gasteiger partial charge in [0.2, 0.25) is 15.9 Å². The number of benzene rings is 2. The molecule has 0 aromatic heterocycles. The van der Waals surface area contributed by atoms with Gasteiger partial charge in [-0.15, -0.1) is 0 Å². The van der Waals surface area contributed by atoms with Crippen LogP contribution in [0.1, 0.15) is 18.4 Å². The fourth-order valence-electron chi connectivity index (χ4n) is 4.77. The van der Waals surface area contributed by atoms with Crippen molar-refractivity contribution in [3.8, 4) is 11.5 Å². The van der Waals surface area contributed by atoms with Crippen molar-refractivity contribution in [1.29, 1.82) is 0 Å². The van der Waals surface area contributed by atoms with Gasteiger partial charge in [-0.05, 0) is 37.1 Å². The van der Waals surface area contributed by atoms with E-state index < -0.39 is 10.0 Å². The standard InChI is InChI=1S/C25H33N3O5S/c1-32-22-10-11-23(33-2)24(17-22)34(30,31)28-15-13-27(14-16-28)25(29)21-9-6-12-26(19-21)18-20-7-4-3-5-8-20/h3-5,7-8,10-11,17,21H,6,9,12-16,18-19H2,1-2H3/t21-/m0/s1. The maximum atomic E-state index is 13.3. The van der Waals surface area contributed by atoms with Gasteiger partial charge in [-0.2, -0.15) is 4.31 Å². The predicted octanol–water partition coefficient (Wildman–Crippen LogP) is 2.45. The third-order valence-corrected chi connectivity index (χ3v) is 8.56.